The van der Waals surface area contributed by atoms with Crippen LogP contribution < -0.4 is 0 Å². The van der Waals surface area contributed by atoms with Crippen molar-refractivity contribution in [1.82, 2.24) is 0 Å². The van der Waals surface area contributed by atoms with Crippen molar-refractivity contribution in [3.05, 3.63) is 0 Å². The summed E-state index contributed by atoms with van der Waals surface area (Å²) in [4.78, 5) is 0. The molecule has 0 aromatic carbocycles. The minimum absolute atomic E-state index is 0.325. The molecule has 0 rings (SSSR count). The summed E-state index contributed by atoms with van der Waals surface area (Å²) >= 11 is -0.325. The van der Waals surface area contributed by atoms with E-state index < -0.39 is 0 Å². The van der Waals surface area contributed by atoms with Crippen molar-refractivity contribution in [2.45, 2.75) is 18.6 Å². The Bertz CT molecular complexity index is 28.1. The van der Waals surface area contributed by atoms with Crippen molar-refractivity contribution in [1.29, 1.82) is 0 Å². The van der Waals surface area contributed by atoms with E-state index in [-0.39, 0.29) is 15.2 Å². The molecule has 0 atom stereocenters. The van der Waals surface area contributed by atoms with Crippen molar-refractivity contribution in [3.63, 3.8) is 0 Å². The molecule has 0 saturated carbocycles. The summed E-state index contributed by atoms with van der Waals surface area (Å²) in [5, 5.41) is 0.896. The summed E-state index contributed by atoms with van der Waals surface area (Å²) in [5.74, 6) is 0. The minimum atomic E-state index is -0.325. The zero-order chi connectivity index (χ0) is 4.12. The second-order valence-electron chi connectivity index (χ2n) is 0.822. The Morgan fingerprint density at radius 2 is 2.40 bits per heavy atom. The third-order valence-corrected chi connectivity index (χ3v) is 1.19. The zero-order valence-corrected chi connectivity index (χ0v) is 4.51. The van der Waals surface area contributed by atoms with Crippen LogP contribution in [0.3, 0.4) is 0 Å². The van der Waals surface area contributed by atoms with Gasteiger partial charge in [0.2, 0.25) is 0 Å². The van der Waals surface area contributed by atoms with Crippen LogP contribution in [0.1, 0.15) is 13.3 Å². The fraction of sp³-hybridized carbons (Fsp3) is 1.00. The van der Waals surface area contributed by atoms with E-state index in [0.29, 0.717) is 0 Å². The van der Waals surface area contributed by atoms with Gasteiger partial charge in [-0.05, 0) is 0 Å². The molecule has 5 heavy (non-hydrogen) atoms. The quantitative estimate of drug-likeness (QED) is 0.524. The van der Waals surface area contributed by atoms with Crippen molar-refractivity contribution in [2.75, 3.05) is 0 Å². The van der Waals surface area contributed by atoms with Gasteiger partial charge in [-0.3, -0.25) is 0 Å². The molecule has 31 valence electrons. The van der Waals surface area contributed by atoms with Gasteiger partial charge in [-0.2, -0.15) is 0 Å². The molecule has 0 aromatic rings. The number of hydrogen-bond acceptors (Lipinski definition) is 1. The van der Waals surface area contributed by atoms with E-state index in [1.807, 2.05) is 6.92 Å². The van der Waals surface area contributed by atoms with Crippen LogP contribution in [0.5, 0.6) is 0 Å². The molecule has 0 spiro atoms. The van der Waals surface area contributed by atoms with E-state index in [4.69, 9.17) is 0 Å². The van der Waals surface area contributed by atoms with Gasteiger partial charge >= 0.3 is 37.6 Å². The maximum atomic E-state index is 9.59. The van der Waals surface area contributed by atoms with Gasteiger partial charge in [0.1, 0.15) is 0 Å². The van der Waals surface area contributed by atoms with Gasteiger partial charge < -0.3 is 0 Å². The predicted molar refractivity (Wildman–Crippen MR) is 15.8 cm³/mol. The predicted octanol–water partition coefficient (Wildman–Crippen LogP) is 1.24. The Hall–Kier alpha value is 0.332. The van der Waals surface area contributed by atoms with Crippen LogP contribution >= 0.6 is 0 Å². The van der Waals surface area contributed by atoms with Crippen LogP contribution in [-0.2, 0) is 19.0 Å². The van der Waals surface area contributed by atoms with Gasteiger partial charge in [-0.15, -0.1) is 0 Å². The van der Waals surface area contributed by atoms with Crippen molar-refractivity contribution < 1.29 is 19.0 Å². The molecule has 0 bridgehead atoms. The average molecular weight is 111 g/mol. The first-order valence-corrected chi connectivity index (χ1v) is 3.08. The van der Waals surface area contributed by atoms with Crippen LogP contribution in [-0.4, -0.2) is 0 Å². The van der Waals surface area contributed by atoms with Crippen molar-refractivity contribution >= 4 is 0 Å². The fourth-order valence-corrected chi connectivity index (χ4v) is 0.344. The average Bonchev–Trinajstić information content (AvgIpc) is 1.41. The van der Waals surface area contributed by atoms with Gasteiger partial charge in [-0.1, -0.05) is 0 Å². The summed E-state index contributed by atoms with van der Waals surface area (Å²) in [6, 6.07) is 0. The third-order valence-electron chi connectivity index (χ3n) is 0.287. The zero-order valence-electron chi connectivity index (χ0n) is 3.23. The Balaban J connectivity index is 2.40. The summed E-state index contributed by atoms with van der Waals surface area (Å²) in [5.41, 5.74) is 0. The molecule has 0 heterocycles. The molecule has 0 aliphatic rings. The second kappa shape index (κ2) is 4.33. The van der Waals surface area contributed by atoms with E-state index in [9.17, 15) is 3.80 Å². The van der Waals surface area contributed by atoms with Gasteiger partial charge in [0.25, 0.3) is 0 Å². The van der Waals surface area contributed by atoms with Gasteiger partial charge in [0.15, 0.2) is 0 Å². The van der Waals surface area contributed by atoms with Crippen molar-refractivity contribution in [2.24, 2.45) is 0 Å². The van der Waals surface area contributed by atoms with Gasteiger partial charge in [0.05, 0.1) is 0 Å². The monoisotopic (exact) mass is 111 g/mol. The Labute approximate surface area is 38.3 Å². The molecule has 0 radical (unpaired) electrons. The molecule has 0 aromatic heterocycles. The standard InChI is InChI=1S/C3H7.Cr.O/c1-3-2;;/h1,3H2,2H3;;. The fourth-order valence-electron chi connectivity index (χ4n) is 0.0833. The summed E-state index contributed by atoms with van der Waals surface area (Å²) in [6.07, 6.45) is 1.06. The van der Waals surface area contributed by atoms with Crippen LogP contribution in [0.15, 0.2) is 0 Å². The van der Waals surface area contributed by atoms with E-state index in [1.165, 1.54) is 0 Å². The SMILES string of the molecule is CC[CH2][Cr]=[O]. The molecule has 0 saturated heterocycles. The Morgan fingerprint density at radius 3 is 2.40 bits per heavy atom. The van der Waals surface area contributed by atoms with E-state index in [0.717, 1.165) is 11.7 Å². The first-order chi connectivity index (χ1) is 2.41. The molecule has 0 amide bonds. The molecule has 2 heteroatoms. The molecule has 0 fully saturated rings. The van der Waals surface area contributed by atoms with Gasteiger partial charge in [0, 0.05) is 0 Å². The van der Waals surface area contributed by atoms with Gasteiger partial charge in [-0.25, -0.2) is 0 Å². The van der Waals surface area contributed by atoms with Crippen molar-refractivity contribution in [3.8, 4) is 0 Å². The molecular formula is C3H7CrO. The van der Waals surface area contributed by atoms with Crippen LogP contribution in [0.2, 0.25) is 5.28 Å². The summed E-state index contributed by atoms with van der Waals surface area (Å²) < 4.78 is 9.59. The van der Waals surface area contributed by atoms with Crippen LogP contribution in [0, 0.1) is 0 Å². The molecule has 0 unspecified atom stereocenters. The third kappa shape index (κ3) is 4.33. The van der Waals surface area contributed by atoms with Crippen LogP contribution in [0.25, 0.3) is 0 Å². The van der Waals surface area contributed by atoms with E-state index in [1.54, 1.807) is 0 Å². The topological polar surface area (TPSA) is 17.1 Å². The Morgan fingerprint density at radius 1 is 1.80 bits per heavy atom. The maximum absolute atomic E-state index is 9.59. The number of hydrogen-bond donors (Lipinski definition) is 0. The summed E-state index contributed by atoms with van der Waals surface area (Å²) in [7, 11) is 0. The molecule has 0 aliphatic heterocycles. The molecule has 0 aliphatic carbocycles. The van der Waals surface area contributed by atoms with E-state index in [2.05, 4.69) is 0 Å². The molecule has 1 nitrogen and oxygen atoms in total. The molecule has 0 N–H and O–H groups in total. The summed E-state index contributed by atoms with van der Waals surface area (Å²) in [6.45, 7) is 2.03. The normalized spacial score (nSPS) is 7.40. The first kappa shape index (κ1) is 5.33. The second-order valence-corrected chi connectivity index (χ2v) is 1.83. The Kier molecular flexibility index (Phi) is 4.62. The first-order valence-electron chi connectivity index (χ1n) is 1.66. The molecular weight excluding hydrogens is 104 g/mol. The van der Waals surface area contributed by atoms with E-state index >= 15 is 0 Å². The van der Waals surface area contributed by atoms with Crippen LogP contribution in [0.4, 0.5) is 0 Å². The number of rotatable bonds is 2.